The van der Waals surface area contributed by atoms with Crippen LogP contribution in [-0.2, 0) is 23.4 Å². The Morgan fingerprint density at radius 2 is 1.95 bits per heavy atom. The molecule has 44 heavy (non-hydrogen) atoms. The summed E-state index contributed by atoms with van der Waals surface area (Å²) in [6.07, 6.45) is 6.67. The Labute approximate surface area is 257 Å². The van der Waals surface area contributed by atoms with Crippen LogP contribution in [-0.4, -0.2) is 50.8 Å². The highest BCUT2D eigenvalue weighted by molar-refractivity contribution is 7.52. The molecule has 2 aromatic heterocycles. The van der Waals surface area contributed by atoms with Gasteiger partial charge in [0.1, 0.15) is 29.9 Å². The average Bonchev–Trinajstić information content (AvgIpc) is 3.66. The highest BCUT2D eigenvalue weighted by Crippen LogP contribution is 2.48. The largest absolute Gasteiger partial charge is 0.465 e. The summed E-state index contributed by atoms with van der Waals surface area (Å²) in [6.45, 7) is 6.33. The molecule has 0 spiro atoms. The first-order valence-electron chi connectivity index (χ1n) is 15.2. The van der Waals surface area contributed by atoms with Crippen LogP contribution in [0.2, 0.25) is 0 Å². The van der Waals surface area contributed by atoms with Crippen molar-refractivity contribution in [3.8, 4) is 5.75 Å². The second kappa shape index (κ2) is 14.5. The van der Waals surface area contributed by atoms with E-state index in [1.807, 2.05) is 54.8 Å². The van der Waals surface area contributed by atoms with Crippen molar-refractivity contribution >= 4 is 41.5 Å². The van der Waals surface area contributed by atoms with Gasteiger partial charge >= 0.3 is 13.7 Å². The molecule has 0 aliphatic carbocycles. The van der Waals surface area contributed by atoms with Crippen LogP contribution in [0.1, 0.15) is 65.5 Å². The zero-order valence-electron chi connectivity index (χ0n) is 25.4. The van der Waals surface area contributed by atoms with Crippen LogP contribution in [0.4, 0.5) is 5.82 Å². The second-order valence-electron chi connectivity index (χ2n) is 11.4. The third kappa shape index (κ3) is 7.74. The van der Waals surface area contributed by atoms with Gasteiger partial charge in [0, 0.05) is 5.39 Å². The number of carbonyl (C=O) groups is 1. The molecular weight excluding hydrogens is 583 g/mol. The fourth-order valence-electron chi connectivity index (χ4n) is 5.26. The number of nitrogens with one attached hydrogen (secondary N) is 1. The first kappa shape index (κ1) is 31.8. The van der Waals surface area contributed by atoms with Crippen molar-refractivity contribution in [3.05, 3.63) is 55.1 Å². The van der Waals surface area contributed by atoms with Gasteiger partial charge in [-0.15, -0.1) is 0 Å². The zero-order valence-corrected chi connectivity index (χ0v) is 26.3. The van der Waals surface area contributed by atoms with Gasteiger partial charge in [0.05, 0.1) is 25.6 Å². The van der Waals surface area contributed by atoms with E-state index in [2.05, 4.69) is 27.0 Å². The number of rotatable bonds is 15. The van der Waals surface area contributed by atoms with Gasteiger partial charge in [0.25, 0.3) is 0 Å². The molecule has 1 aliphatic rings. The predicted molar refractivity (Wildman–Crippen MR) is 168 cm³/mol. The molecule has 0 saturated carbocycles. The van der Waals surface area contributed by atoms with Gasteiger partial charge in [-0.05, 0) is 43.1 Å². The van der Waals surface area contributed by atoms with Crippen LogP contribution in [0.5, 0.6) is 5.75 Å². The predicted octanol–water partition coefficient (Wildman–Crippen LogP) is 6.18. The van der Waals surface area contributed by atoms with Crippen molar-refractivity contribution < 1.29 is 27.9 Å². The lowest BCUT2D eigenvalue weighted by atomic mass is 10.1. The highest BCUT2D eigenvalue weighted by Gasteiger charge is 2.37. The molecule has 13 heteroatoms. The Morgan fingerprint density at radius 3 is 2.77 bits per heavy atom. The summed E-state index contributed by atoms with van der Waals surface area (Å²) in [5.74, 6) is 0.309. The summed E-state index contributed by atoms with van der Waals surface area (Å²) in [6, 6.07) is 12.3. The van der Waals surface area contributed by atoms with Crippen molar-refractivity contribution in [1.82, 2.24) is 24.6 Å². The van der Waals surface area contributed by atoms with Crippen LogP contribution in [0.15, 0.2) is 55.1 Å². The number of anilines is 1. The summed E-state index contributed by atoms with van der Waals surface area (Å²) in [4.78, 5) is 25.8. The number of unbranched alkanes of at least 4 members (excludes halogenated alkanes) is 2. The minimum Gasteiger partial charge on any atom is -0.465 e. The van der Waals surface area contributed by atoms with Gasteiger partial charge in [0.15, 0.2) is 11.5 Å². The van der Waals surface area contributed by atoms with Crippen molar-refractivity contribution in [1.29, 1.82) is 0 Å². The van der Waals surface area contributed by atoms with E-state index >= 15 is 0 Å². The Kier molecular flexibility index (Phi) is 10.5. The first-order chi connectivity index (χ1) is 21.3. The number of aromatic nitrogens is 4. The van der Waals surface area contributed by atoms with Gasteiger partial charge in [-0.3, -0.25) is 13.9 Å². The molecule has 1 unspecified atom stereocenters. The van der Waals surface area contributed by atoms with Crippen molar-refractivity contribution in [2.75, 3.05) is 18.9 Å². The molecule has 1 saturated heterocycles. The molecular formula is C31H41N6O6P. The molecule has 5 rings (SSSR count). The number of esters is 1. The lowest BCUT2D eigenvalue weighted by Crippen LogP contribution is -2.39. The first-order valence-corrected chi connectivity index (χ1v) is 16.8. The number of ether oxygens (including phenoxy) is 2. The molecule has 3 heterocycles. The number of hydrogen-bond donors (Lipinski definition) is 2. The Hall–Kier alpha value is -3.57. The summed E-state index contributed by atoms with van der Waals surface area (Å²) >= 11 is 0. The van der Waals surface area contributed by atoms with E-state index in [1.54, 1.807) is 12.4 Å². The minimum absolute atomic E-state index is 0.0325. The summed E-state index contributed by atoms with van der Waals surface area (Å²) in [5.41, 5.74) is 7.03. The fourth-order valence-corrected chi connectivity index (χ4v) is 6.81. The molecule has 236 valence electrons. The normalized spacial score (nSPS) is 18.9. The fraction of sp³-hybridized carbons (Fsp3) is 0.484. The third-order valence-corrected chi connectivity index (χ3v) is 9.03. The molecule has 4 aromatic rings. The maximum atomic E-state index is 14.5. The minimum atomic E-state index is -4.12. The van der Waals surface area contributed by atoms with Crippen LogP contribution < -0.4 is 15.3 Å². The standard InChI is InChI=1S/C31H41N6O6P/c1-4-5-8-16-40-31(38)25(17-21(2)3)36-44(39,43-26-13-9-11-22-10-6-7-12-24(22)26)41-18-23-14-15-27(42-23)37-20-35-28-29(32)33-19-34-30(28)37/h6-7,9-13,19-21,23,25,27H,4-5,8,14-18H2,1-3H3,(H,36,39)(H2,32,33,34)/t23-,25-,27+,44?/m0/s1. The number of nitrogen functional groups attached to an aromatic ring is 1. The Balaban J connectivity index is 1.34. The number of imidazole rings is 1. The molecule has 2 aromatic carbocycles. The van der Waals surface area contributed by atoms with Gasteiger partial charge < -0.3 is 19.7 Å². The van der Waals surface area contributed by atoms with E-state index < -0.39 is 25.9 Å². The number of nitrogens with zero attached hydrogens (tertiary/aromatic N) is 4. The molecule has 0 radical (unpaired) electrons. The van der Waals surface area contributed by atoms with Gasteiger partial charge in [-0.1, -0.05) is 70.0 Å². The van der Waals surface area contributed by atoms with E-state index in [1.165, 1.54) is 6.33 Å². The number of hydrogen-bond acceptors (Lipinski definition) is 10. The van der Waals surface area contributed by atoms with Crippen molar-refractivity contribution in [2.45, 2.75) is 77.7 Å². The van der Waals surface area contributed by atoms with Gasteiger partial charge in [-0.2, -0.15) is 5.09 Å². The topological polar surface area (TPSA) is 153 Å². The van der Waals surface area contributed by atoms with Gasteiger partial charge in [-0.25, -0.2) is 19.5 Å². The van der Waals surface area contributed by atoms with Gasteiger partial charge in [0.2, 0.25) is 0 Å². The molecule has 1 aliphatic heterocycles. The monoisotopic (exact) mass is 624 g/mol. The number of benzene rings is 2. The zero-order chi connectivity index (χ0) is 31.1. The highest BCUT2D eigenvalue weighted by atomic mass is 31.2. The van der Waals surface area contributed by atoms with E-state index in [9.17, 15) is 9.36 Å². The molecule has 3 N–H and O–H groups in total. The Morgan fingerprint density at radius 1 is 1.14 bits per heavy atom. The third-order valence-electron chi connectivity index (χ3n) is 7.48. The molecule has 12 nitrogen and oxygen atoms in total. The summed E-state index contributed by atoms with van der Waals surface area (Å²) < 4.78 is 40.4. The van der Waals surface area contributed by atoms with Crippen LogP contribution in [0.3, 0.4) is 0 Å². The molecule has 4 atom stereocenters. The maximum absolute atomic E-state index is 14.5. The summed E-state index contributed by atoms with van der Waals surface area (Å²) in [5, 5.41) is 4.64. The number of carbonyl (C=O) groups excluding carboxylic acids is 1. The number of nitrogens with two attached hydrogens (primary N) is 1. The van der Waals surface area contributed by atoms with Crippen LogP contribution >= 0.6 is 7.75 Å². The lowest BCUT2D eigenvalue weighted by Gasteiger charge is -2.27. The van der Waals surface area contributed by atoms with E-state index in [0.717, 1.165) is 30.0 Å². The van der Waals surface area contributed by atoms with Crippen LogP contribution in [0, 0.1) is 5.92 Å². The molecule has 1 fully saturated rings. The lowest BCUT2D eigenvalue weighted by molar-refractivity contribution is -0.146. The van der Waals surface area contributed by atoms with E-state index in [4.69, 9.17) is 24.3 Å². The average molecular weight is 625 g/mol. The van der Waals surface area contributed by atoms with Crippen molar-refractivity contribution in [2.24, 2.45) is 5.92 Å². The smallest absolute Gasteiger partial charge is 0.459 e. The Bertz CT molecular complexity index is 1610. The second-order valence-corrected chi connectivity index (χ2v) is 13.1. The van der Waals surface area contributed by atoms with Crippen LogP contribution in [0.25, 0.3) is 21.9 Å². The van der Waals surface area contributed by atoms with E-state index in [0.29, 0.717) is 48.6 Å². The number of fused-ring (bicyclic) bond motifs is 2. The summed E-state index contributed by atoms with van der Waals surface area (Å²) in [7, 11) is -4.12. The van der Waals surface area contributed by atoms with E-state index in [-0.39, 0.29) is 18.8 Å². The van der Waals surface area contributed by atoms with Crippen molar-refractivity contribution in [3.63, 3.8) is 0 Å². The SMILES string of the molecule is CCCCCOC(=O)[C@H](CC(C)C)NP(=O)(OC[C@@H]1CC[C@H](n2cnc3c(N)ncnc32)O1)Oc1cccc2ccccc12. The molecule has 0 amide bonds. The quantitative estimate of drug-likeness (QED) is 0.0885. The maximum Gasteiger partial charge on any atom is 0.459 e. The molecule has 0 bridgehead atoms.